The smallest absolute Gasteiger partial charge is 0.243 e. The number of carbonyl (C=O) groups excluding carboxylic acids is 1. The molecule has 0 aliphatic carbocycles. The third kappa shape index (κ3) is 6.22. The average Bonchev–Trinajstić information content (AvgIpc) is 2.49. The van der Waals surface area contributed by atoms with Crippen molar-refractivity contribution in [3.63, 3.8) is 0 Å². The van der Waals surface area contributed by atoms with Gasteiger partial charge in [0.15, 0.2) is 0 Å². The van der Waals surface area contributed by atoms with E-state index in [2.05, 4.69) is 24.5 Å². The van der Waals surface area contributed by atoms with Gasteiger partial charge in [-0.1, -0.05) is 13.8 Å². The van der Waals surface area contributed by atoms with Crippen molar-refractivity contribution in [1.82, 2.24) is 5.32 Å². The van der Waals surface area contributed by atoms with Crippen LogP contribution in [0.25, 0.3) is 0 Å². The summed E-state index contributed by atoms with van der Waals surface area (Å²) in [5.41, 5.74) is 0.767. The Morgan fingerprint density at radius 1 is 1.41 bits per heavy atom. The molecule has 2 rings (SSSR count). The quantitative estimate of drug-likeness (QED) is 0.842. The van der Waals surface area contributed by atoms with Crippen LogP contribution in [-0.2, 0) is 9.53 Å². The van der Waals surface area contributed by atoms with Gasteiger partial charge < -0.3 is 20.1 Å². The van der Waals surface area contributed by atoms with Crippen LogP contribution in [0.15, 0.2) is 24.3 Å². The summed E-state index contributed by atoms with van der Waals surface area (Å²) in [5.74, 6) is 1.39. The lowest BCUT2D eigenvalue weighted by molar-refractivity contribution is -0.120. The first-order valence-electron chi connectivity index (χ1n) is 7.50. The second-order valence-corrected chi connectivity index (χ2v) is 5.63. The molecule has 1 saturated heterocycles. The number of carbonyl (C=O) groups is 1. The molecule has 1 amide bonds. The standard InChI is InChI=1S/C16H24N2O3.ClH/c1-12(2)7-9-21-14-5-3-13(4-6-14)18-16(19)15-11-20-10-8-17-15;/h3-6,12,15,17H,7-11H2,1-2H3,(H,18,19);1H. The molecular formula is C16H25ClN2O3. The van der Waals surface area contributed by atoms with Gasteiger partial charge in [0.25, 0.3) is 0 Å². The summed E-state index contributed by atoms with van der Waals surface area (Å²) < 4.78 is 10.9. The van der Waals surface area contributed by atoms with Gasteiger partial charge in [0, 0.05) is 12.2 Å². The highest BCUT2D eigenvalue weighted by Crippen LogP contribution is 2.16. The van der Waals surface area contributed by atoms with E-state index < -0.39 is 0 Å². The van der Waals surface area contributed by atoms with Gasteiger partial charge in [-0.2, -0.15) is 0 Å². The van der Waals surface area contributed by atoms with E-state index in [1.54, 1.807) is 0 Å². The number of nitrogens with one attached hydrogen (secondary N) is 2. The molecular weight excluding hydrogens is 304 g/mol. The third-order valence-electron chi connectivity index (χ3n) is 3.32. The van der Waals surface area contributed by atoms with Crippen molar-refractivity contribution >= 4 is 24.0 Å². The molecule has 1 atom stereocenters. The zero-order chi connectivity index (χ0) is 15.1. The Labute approximate surface area is 138 Å². The minimum Gasteiger partial charge on any atom is -0.494 e. The van der Waals surface area contributed by atoms with Crippen LogP contribution in [0.4, 0.5) is 5.69 Å². The Kier molecular flexibility index (Phi) is 8.24. The molecule has 22 heavy (non-hydrogen) atoms. The van der Waals surface area contributed by atoms with Crippen LogP contribution in [-0.4, -0.2) is 38.3 Å². The minimum absolute atomic E-state index is 0. The average molecular weight is 329 g/mol. The number of hydrogen-bond donors (Lipinski definition) is 2. The maximum atomic E-state index is 12.0. The third-order valence-corrected chi connectivity index (χ3v) is 3.32. The number of morpholine rings is 1. The van der Waals surface area contributed by atoms with Crippen LogP contribution < -0.4 is 15.4 Å². The predicted octanol–water partition coefficient (Wildman–Crippen LogP) is 2.46. The van der Waals surface area contributed by atoms with E-state index in [1.165, 1.54) is 0 Å². The molecule has 1 aliphatic rings. The molecule has 2 N–H and O–H groups in total. The summed E-state index contributed by atoms with van der Waals surface area (Å²) >= 11 is 0. The van der Waals surface area contributed by atoms with Crippen LogP contribution >= 0.6 is 12.4 Å². The highest BCUT2D eigenvalue weighted by Gasteiger charge is 2.20. The van der Waals surface area contributed by atoms with Gasteiger partial charge >= 0.3 is 0 Å². The van der Waals surface area contributed by atoms with Crippen molar-refractivity contribution in [3.05, 3.63) is 24.3 Å². The van der Waals surface area contributed by atoms with Crippen molar-refractivity contribution < 1.29 is 14.3 Å². The van der Waals surface area contributed by atoms with Gasteiger partial charge in [-0.25, -0.2) is 0 Å². The Morgan fingerprint density at radius 2 is 2.14 bits per heavy atom. The first-order valence-corrected chi connectivity index (χ1v) is 7.50. The van der Waals surface area contributed by atoms with Gasteiger partial charge in [-0.05, 0) is 36.6 Å². The molecule has 0 aromatic heterocycles. The van der Waals surface area contributed by atoms with Gasteiger partial charge in [0.05, 0.1) is 19.8 Å². The number of amides is 1. The number of anilines is 1. The van der Waals surface area contributed by atoms with Crippen LogP contribution in [0.2, 0.25) is 0 Å². The lowest BCUT2D eigenvalue weighted by Gasteiger charge is -2.22. The summed E-state index contributed by atoms with van der Waals surface area (Å²) in [4.78, 5) is 12.0. The maximum absolute atomic E-state index is 12.0. The van der Waals surface area contributed by atoms with Crippen molar-refractivity contribution in [2.45, 2.75) is 26.3 Å². The molecule has 0 spiro atoms. The van der Waals surface area contributed by atoms with Crippen LogP contribution in [0.5, 0.6) is 5.75 Å². The van der Waals surface area contributed by atoms with Crippen molar-refractivity contribution in [1.29, 1.82) is 0 Å². The normalized spacial score (nSPS) is 17.7. The van der Waals surface area contributed by atoms with Crippen molar-refractivity contribution in [3.8, 4) is 5.75 Å². The van der Waals surface area contributed by atoms with Gasteiger partial charge in [-0.3, -0.25) is 4.79 Å². The first kappa shape index (κ1) is 18.7. The van der Waals surface area contributed by atoms with E-state index >= 15 is 0 Å². The second kappa shape index (κ2) is 9.66. The fourth-order valence-electron chi connectivity index (χ4n) is 2.01. The number of halogens is 1. The van der Waals surface area contributed by atoms with Gasteiger partial charge in [0.2, 0.25) is 5.91 Å². The topological polar surface area (TPSA) is 59.6 Å². The van der Waals surface area contributed by atoms with E-state index in [-0.39, 0.29) is 24.4 Å². The second-order valence-electron chi connectivity index (χ2n) is 5.63. The Balaban J connectivity index is 0.00000242. The van der Waals surface area contributed by atoms with Crippen LogP contribution in [0.1, 0.15) is 20.3 Å². The lowest BCUT2D eigenvalue weighted by atomic mass is 10.1. The molecule has 0 bridgehead atoms. The monoisotopic (exact) mass is 328 g/mol. The largest absolute Gasteiger partial charge is 0.494 e. The van der Waals surface area contributed by atoms with E-state index in [1.807, 2.05) is 24.3 Å². The van der Waals surface area contributed by atoms with Crippen LogP contribution in [0.3, 0.4) is 0 Å². The minimum atomic E-state index is -0.277. The fraction of sp³-hybridized carbons (Fsp3) is 0.562. The Hall–Kier alpha value is -1.30. The summed E-state index contributed by atoms with van der Waals surface area (Å²) in [5, 5.41) is 6.00. The van der Waals surface area contributed by atoms with Gasteiger partial charge in [-0.15, -0.1) is 12.4 Å². The number of rotatable bonds is 6. The van der Waals surface area contributed by atoms with E-state index in [4.69, 9.17) is 9.47 Å². The molecule has 1 aromatic rings. The molecule has 1 unspecified atom stereocenters. The molecule has 5 nitrogen and oxygen atoms in total. The highest BCUT2D eigenvalue weighted by atomic mass is 35.5. The SMILES string of the molecule is CC(C)CCOc1ccc(NC(=O)C2COCCN2)cc1.Cl. The van der Waals surface area contributed by atoms with E-state index in [0.717, 1.165) is 17.9 Å². The fourth-order valence-corrected chi connectivity index (χ4v) is 2.01. The molecule has 1 fully saturated rings. The lowest BCUT2D eigenvalue weighted by Crippen LogP contribution is -2.48. The van der Waals surface area contributed by atoms with E-state index in [0.29, 0.717) is 32.3 Å². The number of ether oxygens (including phenoxy) is 2. The van der Waals surface area contributed by atoms with E-state index in [9.17, 15) is 4.79 Å². The summed E-state index contributed by atoms with van der Waals surface area (Å²) in [7, 11) is 0. The van der Waals surface area contributed by atoms with Crippen molar-refractivity contribution in [2.24, 2.45) is 5.92 Å². The molecule has 1 aromatic carbocycles. The first-order chi connectivity index (χ1) is 10.1. The van der Waals surface area contributed by atoms with Crippen molar-refractivity contribution in [2.75, 3.05) is 31.7 Å². The summed E-state index contributed by atoms with van der Waals surface area (Å²) in [6.45, 7) is 6.85. The Morgan fingerprint density at radius 3 is 2.73 bits per heavy atom. The molecule has 124 valence electrons. The highest BCUT2D eigenvalue weighted by molar-refractivity contribution is 5.95. The molecule has 6 heteroatoms. The molecule has 1 heterocycles. The molecule has 0 saturated carbocycles. The number of benzene rings is 1. The zero-order valence-electron chi connectivity index (χ0n) is 13.1. The number of hydrogen-bond acceptors (Lipinski definition) is 4. The maximum Gasteiger partial charge on any atom is 0.243 e. The Bertz CT molecular complexity index is 445. The van der Waals surface area contributed by atoms with Crippen LogP contribution in [0, 0.1) is 5.92 Å². The predicted molar refractivity (Wildman–Crippen MR) is 89.9 cm³/mol. The molecule has 0 radical (unpaired) electrons. The summed E-state index contributed by atoms with van der Waals surface area (Å²) in [6, 6.07) is 7.18. The van der Waals surface area contributed by atoms with Gasteiger partial charge in [0.1, 0.15) is 11.8 Å². The zero-order valence-corrected chi connectivity index (χ0v) is 13.9. The molecule has 1 aliphatic heterocycles. The summed E-state index contributed by atoms with van der Waals surface area (Å²) in [6.07, 6.45) is 1.03.